The van der Waals surface area contributed by atoms with Crippen LogP contribution in [0.25, 0.3) is 0 Å². The molecule has 2 amide bonds. The SMILES string of the molecule is O=C1CC(c2ccccc2)N(C(=O)c2cn(C3CCNCC3)nn2)CCN1. The summed E-state index contributed by atoms with van der Waals surface area (Å²) in [6.07, 6.45) is 3.95. The summed E-state index contributed by atoms with van der Waals surface area (Å²) < 4.78 is 1.81. The van der Waals surface area contributed by atoms with E-state index in [1.165, 1.54) is 0 Å². The minimum atomic E-state index is -0.301. The molecule has 27 heavy (non-hydrogen) atoms. The number of hydrogen-bond donors (Lipinski definition) is 2. The highest BCUT2D eigenvalue weighted by atomic mass is 16.2. The number of amides is 2. The monoisotopic (exact) mass is 368 g/mol. The topological polar surface area (TPSA) is 92.2 Å². The van der Waals surface area contributed by atoms with Gasteiger partial charge in [0.2, 0.25) is 5.91 Å². The zero-order valence-corrected chi connectivity index (χ0v) is 15.2. The van der Waals surface area contributed by atoms with E-state index in [-0.39, 0.29) is 30.3 Å². The molecule has 0 spiro atoms. The Bertz CT molecular complexity index is 800. The Morgan fingerprint density at radius 3 is 2.67 bits per heavy atom. The molecule has 1 atom stereocenters. The lowest BCUT2D eigenvalue weighted by Crippen LogP contribution is -2.36. The van der Waals surface area contributed by atoms with Crippen molar-refractivity contribution < 1.29 is 9.59 Å². The Kier molecular flexibility index (Phi) is 5.15. The maximum Gasteiger partial charge on any atom is 0.276 e. The Morgan fingerprint density at radius 2 is 1.89 bits per heavy atom. The minimum Gasteiger partial charge on any atom is -0.354 e. The van der Waals surface area contributed by atoms with Gasteiger partial charge in [-0.1, -0.05) is 35.5 Å². The molecule has 2 N–H and O–H groups in total. The number of nitrogens with zero attached hydrogens (tertiary/aromatic N) is 4. The second-order valence-electron chi connectivity index (χ2n) is 7.04. The fraction of sp³-hybridized carbons (Fsp3) is 0.474. The molecule has 2 fully saturated rings. The van der Waals surface area contributed by atoms with Crippen LogP contribution in [0, 0.1) is 0 Å². The van der Waals surface area contributed by atoms with Gasteiger partial charge in [0.1, 0.15) is 0 Å². The molecule has 0 saturated carbocycles. The van der Waals surface area contributed by atoms with E-state index in [0.29, 0.717) is 18.8 Å². The van der Waals surface area contributed by atoms with Crippen molar-refractivity contribution in [2.24, 2.45) is 0 Å². The van der Waals surface area contributed by atoms with Crippen LogP contribution in [0.2, 0.25) is 0 Å². The predicted octanol–water partition coefficient (Wildman–Crippen LogP) is 0.906. The number of aromatic nitrogens is 3. The van der Waals surface area contributed by atoms with Crippen molar-refractivity contribution in [3.63, 3.8) is 0 Å². The van der Waals surface area contributed by atoms with Crippen LogP contribution in [0.5, 0.6) is 0 Å². The molecule has 1 unspecified atom stereocenters. The van der Waals surface area contributed by atoms with E-state index in [1.54, 1.807) is 11.1 Å². The third-order valence-electron chi connectivity index (χ3n) is 5.29. The summed E-state index contributed by atoms with van der Waals surface area (Å²) in [7, 11) is 0. The lowest BCUT2D eigenvalue weighted by molar-refractivity contribution is -0.121. The number of piperidine rings is 1. The van der Waals surface area contributed by atoms with E-state index >= 15 is 0 Å². The molecule has 2 aliphatic rings. The average Bonchev–Trinajstić information content (AvgIpc) is 3.13. The minimum absolute atomic E-state index is 0.0440. The summed E-state index contributed by atoms with van der Waals surface area (Å²) in [5.74, 6) is -0.224. The number of hydrogen-bond acceptors (Lipinski definition) is 5. The largest absolute Gasteiger partial charge is 0.354 e. The van der Waals surface area contributed by atoms with Crippen molar-refractivity contribution in [2.75, 3.05) is 26.2 Å². The van der Waals surface area contributed by atoms with E-state index in [2.05, 4.69) is 20.9 Å². The highest BCUT2D eigenvalue weighted by Gasteiger charge is 2.32. The highest BCUT2D eigenvalue weighted by molar-refractivity contribution is 5.93. The fourth-order valence-corrected chi connectivity index (χ4v) is 3.82. The van der Waals surface area contributed by atoms with Crippen LogP contribution in [-0.4, -0.2) is 57.9 Å². The number of rotatable bonds is 3. The van der Waals surface area contributed by atoms with Crippen LogP contribution >= 0.6 is 0 Å². The van der Waals surface area contributed by atoms with Crippen LogP contribution in [0.4, 0.5) is 0 Å². The van der Waals surface area contributed by atoms with Gasteiger partial charge in [0.15, 0.2) is 5.69 Å². The molecular formula is C19H24N6O2. The first-order chi connectivity index (χ1) is 13.2. The summed E-state index contributed by atoms with van der Waals surface area (Å²) in [6.45, 7) is 2.79. The molecule has 2 aromatic rings. The lowest BCUT2D eigenvalue weighted by atomic mass is 10.0. The van der Waals surface area contributed by atoms with Crippen molar-refractivity contribution in [2.45, 2.75) is 31.3 Å². The first-order valence-electron chi connectivity index (χ1n) is 9.47. The van der Waals surface area contributed by atoms with Gasteiger partial charge < -0.3 is 15.5 Å². The summed E-state index contributed by atoms with van der Waals surface area (Å²) in [5.41, 5.74) is 1.29. The zero-order chi connectivity index (χ0) is 18.6. The normalized spacial score (nSPS) is 21.6. The van der Waals surface area contributed by atoms with Crippen LogP contribution in [-0.2, 0) is 4.79 Å². The highest BCUT2D eigenvalue weighted by Crippen LogP contribution is 2.27. The summed E-state index contributed by atoms with van der Waals surface area (Å²) >= 11 is 0. The molecule has 2 saturated heterocycles. The smallest absolute Gasteiger partial charge is 0.276 e. The molecule has 1 aromatic heterocycles. The van der Waals surface area contributed by atoms with E-state index in [0.717, 1.165) is 31.5 Å². The number of benzene rings is 1. The molecule has 2 aliphatic heterocycles. The van der Waals surface area contributed by atoms with Crippen molar-refractivity contribution in [3.05, 3.63) is 47.8 Å². The molecule has 1 aromatic carbocycles. The maximum absolute atomic E-state index is 13.2. The first-order valence-corrected chi connectivity index (χ1v) is 9.47. The Labute approximate surface area is 157 Å². The maximum atomic E-state index is 13.2. The fourth-order valence-electron chi connectivity index (χ4n) is 3.82. The molecule has 0 radical (unpaired) electrons. The van der Waals surface area contributed by atoms with Gasteiger partial charge in [-0.3, -0.25) is 9.59 Å². The predicted molar refractivity (Wildman–Crippen MR) is 99.0 cm³/mol. The molecule has 0 bridgehead atoms. The second kappa shape index (κ2) is 7.87. The van der Waals surface area contributed by atoms with Crippen LogP contribution in [0.15, 0.2) is 36.5 Å². The molecule has 4 rings (SSSR count). The molecule has 8 nitrogen and oxygen atoms in total. The Morgan fingerprint density at radius 1 is 1.11 bits per heavy atom. The second-order valence-corrected chi connectivity index (χ2v) is 7.04. The first kappa shape index (κ1) is 17.7. The summed E-state index contributed by atoms with van der Waals surface area (Å²) in [6, 6.07) is 9.66. The van der Waals surface area contributed by atoms with Gasteiger partial charge in [0.25, 0.3) is 5.91 Å². The van der Waals surface area contributed by atoms with Crippen molar-refractivity contribution in [1.82, 2.24) is 30.5 Å². The van der Waals surface area contributed by atoms with Crippen molar-refractivity contribution >= 4 is 11.8 Å². The zero-order valence-electron chi connectivity index (χ0n) is 15.2. The Balaban J connectivity index is 1.58. The van der Waals surface area contributed by atoms with Crippen molar-refractivity contribution in [1.29, 1.82) is 0 Å². The van der Waals surface area contributed by atoms with Crippen LogP contribution in [0.3, 0.4) is 0 Å². The van der Waals surface area contributed by atoms with Gasteiger partial charge in [0, 0.05) is 13.1 Å². The molecule has 142 valence electrons. The van der Waals surface area contributed by atoms with Crippen LogP contribution in [0.1, 0.15) is 47.4 Å². The third-order valence-corrected chi connectivity index (χ3v) is 5.29. The quantitative estimate of drug-likeness (QED) is 0.840. The van der Waals surface area contributed by atoms with Gasteiger partial charge >= 0.3 is 0 Å². The van der Waals surface area contributed by atoms with E-state index < -0.39 is 0 Å². The lowest BCUT2D eigenvalue weighted by Gasteiger charge is -2.28. The van der Waals surface area contributed by atoms with E-state index in [1.807, 2.05) is 35.0 Å². The van der Waals surface area contributed by atoms with Gasteiger partial charge in [-0.15, -0.1) is 5.10 Å². The van der Waals surface area contributed by atoms with Gasteiger partial charge in [-0.25, -0.2) is 4.68 Å². The van der Waals surface area contributed by atoms with E-state index in [4.69, 9.17) is 0 Å². The molecular weight excluding hydrogens is 344 g/mol. The summed E-state index contributed by atoms with van der Waals surface area (Å²) in [4.78, 5) is 27.0. The number of nitrogens with one attached hydrogen (secondary N) is 2. The van der Waals surface area contributed by atoms with Crippen LogP contribution < -0.4 is 10.6 Å². The van der Waals surface area contributed by atoms with Gasteiger partial charge in [0.05, 0.1) is 24.7 Å². The van der Waals surface area contributed by atoms with Crippen molar-refractivity contribution in [3.8, 4) is 0 Å². The Hall–Kier alpha value is -2.74. The number of carbonyl (C=O) groups excluding carboxylic acids is 2. The van der Waals surface area contributed by atoms with Gasteiger partial charge in [-0.2, -0.15) is 0 Å². The summed E-state index contributed by atoms with van der Waals surface area (Å²) in [5, 5.41) is 14.5. The standard InChI is InChI=1S/C19H24N6O2/c26-18-12-17(14-4-2-1-3-5-14)24(11-10-21-18)19(27)16-13-25(23-22-16)15-6-8-20-9-7-15/h1-5,13,15,17,20H,6-12H2,(H,21,26). The van der Waals surface area contributed by atoms with E-state index in [9.17, 15) is 9.59 Å². The molecule has 3 heterocycles. The molecule has 0 aliphatic carbocycles. The number of carbonyl (C=O) groups is 2. The van der Waals surface area contributed by atoms with Gasteiger partial charge in [-0.05, 0) is 31.5 Å². The third kappa shape index (κ3) is 3.85. The average molecular weight is 368 g/mol. The molecule has 8 heteroatoms.